The van der Waals surface area contributed by atoms with Crippen molar-refractivity contribution in [2.75, 3.05) is 51.3 Å². The number of anilines is 1. The first-order chi connectivity index (χ1) is 15.0. The molecule has 1 heterocycles. The van der Waals surface area contributed by atoms with Gasteiger partial charge in [0.2, 0.25) is 5.91 Å². The maximum Gasteiger partial charge on any atom is 0.220 e. The standard InChI is InChI=1S/C24H37ClFN3O2/c1-18-16-23(21(25)17-22(18)26)29-13-11-28(12-14-29)10-9-19-5-7-20(8-6-19)27-24(30)4-3-15-31-2/h16-17,19-20H,3-15H2,1-2H3,(H,27,30). The first-order valence-electron chi connectivity index (χ1n) is 11.7. The molecule has 1 saturated heterocycles. The molecule has 1 amide bonds. The average molecular weight is 454 g/mol. The van der Waals surface area contributed by atoms with E-state index in [1.165, 1.54) is 25.3 Å². The molecule has 0 atom stereocenters. The number of hydrogen-bond acceptors (Lipinski definition) is 4. The Kier molecular flexibility index (Phi) is 9.42. The Morgan fingerprint density at radius 2 is 1.90 bits per heavy atom. The van der Waals surface area contributed by atoms with Crippen molar-refractivity contribution < 1.29 is 13.9 Å². The van der Waals surface area contributed by atoms with Crippen molar-refractivity contribution in [3.8, 4) is 0 Å². The summed E-state index contributed by atoms with van der Waals surface area (Å²) in [7, 11) is 1.67. The number of rotatable bonds is 9. The van der Waals surface area contributed by atoms with Crippen molar-refractivity contribution in [3.63, 3.8) is 0 Å². The number of hydrogen-bond donors (Lipinski definition) is 1. The van der Waals surface area contributed by atoms with Crippen LogP contribution in [-0.4, -0.2) is 63.3 Å². The molecule has 0 radical (unpaired) electrons. The van der Waals surface area contributed by atoms with Gasteiger partial charge >= 0.3 is 0 Å². The van der Waals surface area contributed by atoms with E-state index in [9.17, 15) is 9.18 Å². The summed E-state index contributed by atoms with van der Waals surface area (Å²) in [4.78, 5) is 16.8. The molecule has 0 unspecified atom stereocenters. The molecule has 5 nitrogen and oxygen atoms in total. The van der Waals surface area contributed by atoms with Crippen LogP contribution in [-0.2, 0) is 9.53 Å². The highest BCUT2D eigenvalue weighted by Crippen LogP contribution is 2.30. The van der Waals surface area contributed by atoms with Crippen LogP contribution in [0.25, 0.3) is 0 Å². The molecule has 0 spiro atoms. The zero-order valence-corrected chi connectivity index (χ0v) is 19.7. The molecule has 174 valence electrons. The number of piperazine rings is 1. The molecule has 31 heavy (non-hydrogen) atoms. The molecular formula is C24H37ClFN3O2. The van der Waals surface area contributed by atoms with Crippen LogP contribution in [0, 0.1) is 18.7 Å². The second-order valence-corrected chi connectivity index (χ2v) is 9.46. The number of amides is 1. The minimum absolute atomic E-state index is 0.162. The molecule has 1 saturated carbocycles. The van der Waals surface area contributed by atoms with Crippen LogP contribution in [0.2, 0.25) is 5.02 Å². The summed E-state index contributed by atoms with van der Waals surface area (Å²) >= 11 is 6.28. The van der Waals surface area contributed by atoms with E-state index < -0.39 is 0 Å². The van der Waals surface area contributed by atoms with E-state index in [2.05, 4.69) is 15.1 Å². The maximum absolute atomic E-state index is 13.7. The van der Waals surface area contributed by atoms with E-state index in [0.717, 1.165) is 63.6 Å². The van der Waals surface area contributed by atoms with Gasteiger partial charge in [-0.15, -0.1) is 0 Å². The van der Waals surface area contributed by atoms with Gasteiger partial charge in [0.05, 0.1) is 10.7 Å². The second kappa shape index (κ2) is 12.0. The van der Waals surface area contributed by atoms with Crippen LogP contribution < -0.4 is 10.2 Å². The molecule has 0 bridgehead atoms. The number of carbonyl (C=O) groups is 1. The molecule has 2 aliphatic rings. The Hall–Kier alpha value is -1.37. The second-order valence-electron chi connectivity index (χ2n) is 9.05. The van der Waals surface area contributed by atoms with Crippen molar-refractivity contribution in [2.24, 2.45) is 5.92 Å². The van der Waals surface area contributed by atoms with Gasteiger partial charge in [-0.25, -0.2) is 4.39 Å². The fraction of sp³-hybridized carbons (Fsp3) is 0.708. The topological polar surface area (TPSA) is 44.8 Å². The summed E-state index contributed by atoms with van der Waals surface area (Å²) < 4.78 is 18.7. The van der Waals surface area contributed by atoms with Gasteiger partial charge in [0.25, 0.3) is 0 Å². The largest absolute Gasteiger partial charge is 0.385 e. The minimum atomic E-state index is -0.243. The van der Waals surface area contributed by atoms with Crippen LogP contribution in [0.4, 0.5) is 10.1 Å². The average Bonchev–Trinajstić information content (AvgIpc) is 2.76. The number of halogens is 2. The molecule has 7 heteroatoms. The number of methoxy groups -OCH3 is 1. The van der Waals surface area contributed by atoms with Gasteiger partial charge in [0, 0.05) is 52.4 Å². The Labute approximate surface area is 191 Å². The lowest BCUT2D eigenvalue weighted by atomic mass is 9.84. The van der Waals surface area contributed by atoms with Crippen LogP contribution in [0.5, 0.6) is 0 Å². The van der Waals surface area contributed by atoms with Gasteiger partial charge in [0.1, 0.15) is 5.82 Å². The van der Waals surface area contributed by atoms with Crippen LogP contribution in [0.3, 0.4) is 0 Å². The lowest BCUT2D eigenvalue weighted by Crippen LogP contribution is -2.47. The van der Waals surface area contributed by atoms with Crippen LogP contribution >= 0.6 is 11.6 Å². The normalized spacial score (nSPS) is 22.5. The highest BCUT2D eigenvalue weighted by Gasteiger charge is 2.24. The molecule has 3 rings (SSSR count). The van der Waals surface area contributed by atoms with E-state index >= 15 is 0 Å². The predicted molar refractivity (Wildman–Crippen MR) is 124 cm³/mol. The number of ether oxygens (including phenoxy) is 1. The molecule has 1 aromatic carbocycles. The van der Waals surface area contributed by atoms with Crippen molar-refractivity contribution in [3.05, 3.63) is 28.5 Å². The first-order valence-corrected chi connectivity index (χ1v) is 12.0. The number of aryl methyl sites for hydroxylation is 1. The molecule has 1 aliphatic carbocycles. The third-order valence-corrected chi connectivity index (χ3v) is 7.06. The number of nitrogens with zero attached hydrogens (tertiary/aromatic N) is 2. The van der Waals surface area contributed by atoms with E-state index in [4.69, 9.17) is 16.3 Å². The Morgan fingerprint density at radius 1 is 1.19 bits per heavy atom. The summed E-state index contributed by atoms with van der Waals surface area (Å²) in [6.45, 7) is 7.43. The molecule has 0 aromatic heterocycles. The number of nitrogens with one attached hydrogen (secondary N) is 1. The summed E-state index contributed by atoms with van der Waals surface area (Å²) in [5.41, 5.74) is 1.59. The highest BCUT2D eigenvalue weighted by atomic mass is 35.5. The summed E-state index contributed by atoms with van der Waals surface area (Å²) in [6, 6.07) is 3.64. The number of benzene rings is 1. The molecule has 1 aromatic rings. The van der Waals surface area contributed by atoms with Crippen molar-refractivity contribution in [1.29, 1.82) is 0 Å². The Morgan fingerprint density at radius 3 is 2.58 bits per heavy atom. The van der Waals surface area contributed by atoms with E-state index in [-0.39, 0.29) is 11.7 Å². The van der Waals surface area contributed by atoms with E-state index in [1.807, 2.05) is 6.07 Å². The highest BCUT2D eigenvalue weighted by molar-refractivity contribution is 6.33. The molecule has 1 N–H and O–H groups in total. The zero-order chi connectivity index (χ0) is 22.2. The smallest absolute Gasteiger partial charge is 0.220 e. The summed E-state index contributed by atoms with van der Waals surface area (Å²) in [5, 5.41) is 3.69. The molecule has 1 aliphatic heterocycles. The maximum atomic E-state index is 13.7. The van der Waals surface area contributed by atoms with Gasteiger partial charge in [0.15, 0.2) is 0 Å². The summed E-state index contributed by atoms with van der Waals surface area (Å²) in [5.74, 6) is 0.677. The first kappa shape index (κ1) is 24.3. The van der Waals surface area contributed by atoms with Gasteiger partial charge in [-0.3, -0.25) is 9.69 Å². The fourth-order valence-electron chi connectivity index (χ4n) is 4.73. The lowest BCUT2D eigenvalue weighted by Gasteiger charge is -2.37. The fourth-order valence-corrected chi connectivity index (χ4v) is 5.00. The van der Waals surface area contributed by atoms with Gasteiger partial charge in [-0.1, -0.05) is 11.6 Å². The van der Waals surface area contributed by atoms with E-state index in [0.29, 0.717) is 29.7 Å². The van der Waals surface area contributed by atoms with Gasteiger partial charge in [-0.05, 0) is 75.6 Å². The Balaban J connectivity index is 1.33. The minimum Gasteiger partial charge on any atom is -0.385 e. The van der Waals surface area contributed by atoms with Gasteiger partial charge < -0.3 is 15.0 Å². The molecular weight excluding hydrogens is 417 g/mol. The molecule has 2 fully saturated rings. The van der Waals surface area contributed by atoms with Crippen LogP contribution in [0.15, 0.2) is 12.1 Å². The van der Waals surface area contributed by atoms with Crippen molar-refractivity contribution in [2.45, 2.75) is 57.9 Å². The zero-order valence-electron chi connectivity index (χ0n) is 19.0. The monoisotopic (exact) mass is 453 g/mol. The van der Waals surface area contributed by atoms with Crippen molar-refractivity contribution >= 4 is 23.2 Å². The predicted octanol–water partition coefficient (Wildman–Crippen LogP) is 4.40. The lowest BCUT2D eigenvalue weighted by molar-refractivity contribution is -0.122. The third-order valence-electron chi connectivity index (χ3n) is 6.76. The van der Waals surface area contributed by atoms with Crippen LogP contribution in [0.1, 0.15) is 50.5 Å². The van der Waals surface area contributed by atoms with E-state index in [1.54, 1.807) is 14.0 Å². The SMILES string of the molecule is COCCCC(=O)NC1CCC(CCN2CCN(c3cc(C)c(F)cc3Cl)CC2)CC1. The van der Waals surface area contributed by atoms with Gasteiger partial charge in [-0.2, -0.15) is 0 Å². The number of carbonyl (C=O) groups excluding carboxylic acids is 1. The quantitative estimate of drug-likeness (QED) is 0.563. The van der Waals surface area contributed by atoms with Crippen molar-refractivity contribution in [1.82, 2.24) is 10.2 Å². The third kappa shape index (κ3) is 7.33. The summed E-state index contributed by atoms with van der Waals surface area (Å²) in [6.07, 6.45) is 7.17. The Bertz CT molecular complexity index is 717.